The molecule has 1 aliphatic carbocycles. The summed E-state index contributed by atoms with van der Waals surface area (Å²) in [7, 11) is 0. The minimum atomic E-state index is -0.146. The number of nitrogens with one attached hydrogen (secondary N) is 1. The number of carbonyl (C=O) groups excluding carboxylic acids is 1. The Bertz CT molecular complexity index is 874. The van der Waals surface area contributed by atoms with Gasteiger partial charge in [0.2, 0.25) is 0 Å². The summed E-state index contributed by atoms with van der Waals surface area (Å²) >= 11 is 1.61. The van der Waals surface area contributed by atoms with Crippen LogP contribution in [-0.2, 0) is 19.4 Å². The van der Waals surface area contributed by atoms with E-state index < -0.39 is 0 Å². The van der Waals surface area contributed by atoms with E-state index >= 15 is 0 Å². The van der Waals surface area contributed by atoms with Crippen LogP contribution in [0.2, 0.25) is 0 Å². The molecule has 0 fully saturated rings. The van der Waals surface area contributed by atoms with Gasteiger partial charge in [0.1, 0.15) is 5.52 Å². The first-order chi connectivity index (χ1) is 11.7. The molecule has 0 saturated carbocycles. The molecule has 1 aromatic carbocycles. The largest absolute Gasteiger partial charge is 0.298 e. The number of aryl methyl sites for hydroxylation is 3. The minimum absolute atomic E-state index is 0.146. The molecule has 124 valence electrons. The first-order valence-electron chi connectivity index (χ1n) is 8.38. The molecule has 7 heteroatoms. The molecule has 1 amide bonds. The highest BCUT2D eigenvalue weighted by atomic mass is 32.1. The van der Waals surface area contributed by atoms with Crippen LogP contribution in [0.15, 0.2) is 18.2 Å². The fraction of sp³-hybridized carbons (Fsp3) is 0.412. The number of rotatable bonds is 3. The summed E-state index contributed by atoms with van der Waals surface area (Å²) < 4.78 is 1.81. The van der Waals surface area contributed by atoms with E-state index in [1.54, 1.807) is 17.4 Å². The molecule has 0 bridgehead atoms. The molecule has 1 N–H and O–H groups in total. The van der Waals surface area contributed by atoms with E-state index in [9.17, 15) is 4.79 Å². The van der Waals surface area contributed by atoms with E-state index in [0.29, 0.717) is 10.7 Å². The zero-order valence-electron chi connectivity index (χ0n) is 13.6. The normalized spacial score (nSPS) is 14.4. The van der Waals surface area contributed by atoms with Crippen molar-refractivity contribution >= 4 is 33.4 Å². The molecule has 2 heterocycles. The van der Waals surface area contributed by atoms with Crippen LogP contribution >= 0.6 is 11.3 Å². The van der Waals surface area contributed by atoms with Crippen molar-refractivity contribution in [2.75, 3.05) is 5.32 Å². The summed E-state index contributed by atoms with van der Waals surface area (Å²) in [5.41, 5.74) is 3.42. The molecular formula is C17H19N5OS. The number of amides is 1. The van der Waals surface area contributed by atoms with E-state index in [-0.39, 0.29) is 5.91 Å². The highest BCUT2D eigenvalue weighted by molar-refractivity contribution is 7.15. The van der Waals surface area contributed by atoms with Crippen LogP contribution in [0.3, 0.4) is 0 Å². The Labute approximate surface area is 143 Å². The monoisotopic (exact) mass is 341 g/mol. The van der Waals surface area contributed by atoms with Gasteiger partial charge in [-0.25, -0.2) is 9.67 Å². The summed E-state index contributed by atoms with van der Waals surface area (Å²) in [6, 6.07) is 5.49. The second-order valence-corrected chi connectivity index (χ2v) is 7.10. The van der Waals surface area contributed by atoms with E-state index in [0.717, 1.165) is 36.1 Å². The zero-order chi connectivity index (χ0) is 16.5. The number of nitrogens with zero attached hydrogens (tertiary/aromatic N) is 4. The number of anilines is 1. The van der Waals surface area contributed by atoms with E-state index in [1.807, 2.05) is 23.7 Å². The van der Waals surface area contributed by atoms with Gasteiger partial charge in [-0.3, -0.25) is 10.1 Å². The van der Waals surface area contributed by atoms with Crippen LogP contribution in [0.5, 0.6) is 0 Å². The standard InChI is InChI=1S/C17H19N5OS/c1-2-22-14-9-8-11(10-13(14)20-21-22)16(23)19-17-18-12-6-4-3-5-7-15(12)24-17/h8-10H,2-7H2,1H3,(H,18,19,23). The number of fused-ring (bicyclic) bond motifs is 2. The van der Waals surface area contributed by atoms with Gasteiger partial charge in [0.05, 0.1) is 11.2 Å². The van der Waals surface area contributed by atoms with Crippen LogP contribution in [0.4, 0.5) is 5.13 Å². The highest BCUT2D eigenvalue weighted by Crippen LogP contribution is 2.29. The van der Waals surface area contributed by atoms with Crippen LogP contribution < -0.4 is 5.32 Å². The number of carbonyl (C=O) groups is 1. The van der Waals surface area contributed by atoms with Gasteiger partial charge in [0.15, 0.2) is 5.13 Å². The molecule has 6 nitrogen and oxygen atoms in total. The lowest BCUT2D eigenvalue weighted by Crippen LogP contribution is -2.11. The Morgan fingerprint density at radius 3 is 3.04 bits per heavy atom. The lowest BCUT2D eigenvalue weighted by atomic mass is 10.2. The van der Waals surface area contributed by atoms with Crippen molar-refractivity contribution < 1.29 is 4.79 Å². The molecule has 2 aromatic heterocycles. The molecule has 4 rings (SSSR count). The first-order valence-corrected chi connectivity index (χ1v) is 9.19. The summed E-state index contributed by atoms with van der Waals surface area (Å²) in [5.74, 6) is -0.146. The van der Waals surface area contributed by atoms with Gasteiger partial charge >= 0.3 is 0 Å². The average molecular weight is 341 g/mol. The Kier molecular flexibility index (Phi) is 4.02. The zero-order valence-corrected chi connectivity index (χ0v) is 14.4. The second kappa shape index (κ2) is 6.32. The van der Waals surface area contributed by atoms with Gasteiger partial charge in [-0.05, 0) is 50.8 Å². The molecule has 0 atom stereocenters. The van der Waals surface area contributed by atoms with Crippen molar-refractivity contribution in [2.45, 2.75) is 45.6 Å². The third kappa shape index (κ3) is 2.80. The topological polar surface area (TPSA) is 72.7 Å². The highest BCUT2D eigenvalue weighted by Gasteiger charge is 2.16. The van der Waals surface area contributed by atoms with Gasteiger partial charge < -0.3 is 0 Å². The van der Waals surface area contributed by atoms with Crippen molar-refractivity contribution in [2.24, 2.45) is 0 Å². The Balaban J connectivity index is 1.55. The second-order valence-electron chi connectivity index (χ2n) is 6.01. The van der Waals surface area contributed by atoms with Gasteiger partial charge in [-0.1, -0.05) is 11.6 Å². The third-order valence-electron chi connectivity index (χ3n) is 4.39. The maximum Gasteiger partial charge on any atom is 0.257 e. The predicted molar refractivity (Wildman–Crippen MR) is 94.5 cm³/mol. The summed E-state index contributed by atoms with van der Waals surface area (Å²) in [6.45, 7) is 2.77. The molecule has 0 unspecified atom stereocenters. The van der Waals surface area contributed by atoms with Gasteiger partial charge in [-0.15, -0.1) is 16.4 Å². The molecule has 3 aromatic rings. The smallest absolute Gasteiger partial charge is 0.257 e. The number of thiazole rings is 1. The van der Waals surface area contributed by atoms with Crippen LogP contribution in [-0.4, -0.2) is 25.9 Å². The summed E-state index contributed by atoms with van der Waals surface area (Å²) in [4.78, 5) is 18.4. The fourth-order valence-electron chi connectivity index (χ4n) is 3.10. The lowest BCUT2D eigenvalue weighted by molar-refractivity contribution is 0.102. The summed E-state index contributed by atoms with van der Waals surface area (Å²) in [6.07, 6.45) is 5.77. The first kappa shape index (κ1) is 15.3. The number of aromatic nitrogens is 4. The fourth-order valence-corrected chi connectivity index (χ4v) is 4.14. The maximum atomic E-state index is 12.5. The molecular weight excluding hydrogens is 322 g/mol. The molecule has 0 radical (unpaired) electrons. The Morgan fingerprint density at radius 1 is 1.29 bits per heavy atom. The summed E-state index contributed by atoms with van der Waals surface area (Å²) in [5, 5.41) is 11.8. The van der Waals surface area contributed by atoms with E-state index in [4.69, 9.17) is 0 Å². The molecule has 0 saturated heterocycles. The van der Waals surface area contributed by atoms with Crippen molar-refractivity contribution in [3.63, 3.8) is 0 Å². The number of hydrogen-bond donors (Lipinski definition) is 1. The van der Waals surface area contributed by atoms with Gasteiger partial charge in [0.25, 0.3) is 5.91 Å². The van der Waals surface area contributed by atoms with Crippen molar-refractivity contribution in [3.05, 3.63) is 34.3 Å². The predicted octanol–water partition coefficient (Wildman–Crippen LogP) is 3.43. The van der Waals surface area contributed by atoms with Crippen LogP contribution in [0.1, 0.15) is 47.1 Å². The third-order valence-corrected chi connectivity index (χ3v) is 5.46. The van der Waals surface area contributed by atoms with Crippen molar-refractivity contribution in [3.8, 4) is 0 Å². The molecule has 0 spiro atoms. The van der Waals surface area contributed by atoms with Crippen molar-refractivity contribution in [1.29, 1.82) is 0 Å². The van der Waals surface area contributed by atoms with E-state index in [1.165, 1.54) is 24.1 Å². The Morgan fingerprint density at radius 2 is 2.17 bits per heavy atom. The van der Waals surface area contributed by atoms with Gasteiger partial charge in [0, 0.05) is 17.0 Å². The number of benzene rings is 1. The number of hydrogen-bond acceptors (Lipinski definition) is 5. The molecule has 0 aliphatic heterocycles. The lowest BCUT2D eigenvalue weighted by Gasteiger charge is -2.02. The van der Waals surface area contributed by atoms with Crippen LogP contribution in [0.25, 0.3) is 11.0 Å². The molecule has 1 aliphatic rings. The van der Waals surface area contributed by atoms with Gasteiger partial charge in [-0.2, -0.15) is 0 Å². The SMILES string of the molecule is CCn1nnc2cc(C(=O)Nc3nc4c(s3)CCCCC4)ccc21. The van der Waals surface area contributed by atoms with Crippen molar-refractivity contribution in [1.82, 2.24) is 20.0 Å². The quantitative estimate of drug-likeness (QED) is 0.741. The molecule has 24 heavy (non-hydrogen) atoms. The maximum absolute atomic E-state index is 12.5. The van der Waals surface area contributed by atoms with Crippen LogP contribution in [0, 0.1) is 0 Å². The average Bonchev–Trinajstić information content (AvgIpc) is 3.11. The Hall–Kier alpha value is -2.28. The van der Waals surface area contributed by atoms with E-state index in [2.05, 4.69) is 20.6 Å². The minimum Gasteiger partial charge on any atom is -0.298 e.